The largest absolute Gasteiger partial charge is 0.491 e. The molecule has 3 aliphatic rings. The van der Waals surface area contributed by atoms with Gasteiger partial charge in [0.15, 0.2) is 5.79 Å². The van der Waals surface area contributed by atoms with Crippen LogP contribution >= 0.6 is 0 Å². The van der Waals surface area contributed by atoms with E-state index in [0.717, 1.165) is 17.1 Å². The third kappa shape index (κ3) is 4.69. The second kappa shape index (κ2) is 10.0. The Morgan fingerprint density at radius 2 is 2.02 bits per heavy atom. The van der Waals surface area contributed by atoms with Crippen molar-refractivity contribution in [2.45, 2.75) is 44.4 Å². The van der Waals surface area contributed by atoms with E-state index in [2.05, 4.69) is 9.97 Å². The van der Waals surface area contributed by atoms with Gasteiger partial charge in [0.05, 0.1) is 19.3 Å². The molecule has 4 N–H and O–H groups in total. The number of hydrogen-bond acceptors (Lipinski definition) is 9. The van der Waals surface area contributed by atoms with Crippen molar-refractivity contribution in [3.63, 3.8) is 0 Å². The quantitative estimate of drug-likeness (QED) is 0.388. The zero-order valence-corrected chi connectivity index (χ0v) is 22.3. The first-order chi connectivity index (χ1) is 19.2. The highest BCUT2D eigenvalue weighted by Gasteiger charge is 2.59. The number of nitrogens with zero attached hydrogens (tertiary/aromatic N) is 5. The number of pyridine rings is 3. The predicted molar refractivity (Wildman–Crippen MR) is 144 cm³/mol. The summed E-state index contributed by atoms with van der Waals surface area (Å²) >= 11 is 0. The highest BCUT2D eigenvalue weighted by atomic mass is 16.7. The molecule has 0 radical (unpaired) electrons. The number of carbonyl (C=O) groups is 2. The van der Waals surface area contributed by atoms with Gasteiger partial charge in [0.25, 0.3) is 0 Å². The summed E-state index contributed by atoms with van der Waals surface area (Å²) in [5, 5.41) is 0. The van der Waals surface area contributed by atoms with Crippen LogP contribution in [0.2, 0.25) is 0 Å². The average Bonchev–Trinajstić information content (AvgIpc) is 3.46. The maximum atomic E-state index is 12.8. The van der Waals surface area contributed by atoms with Crippen molar-refractivity contribution in [2.75, 3.05) is 29.6 Å². The molecular formula is C28H32N7O5+. The van der Waals surface area contributed by atoms with E-state index in [-0.39, 0.29) is 6.10 Å². The van der Waals surface area contributed by atoms with E-state index in [4.69, 9.17) is 25.7 Å². The van der Waals surface area contributed by atoms with E-state index in [9.17, 15) is 9.59 Å². The lowest BCUT2D eigenvalue weighted by Crippen LogP contribution is -2.51. The molecule has 4 atom stereocenters. The normalized spacial score (nSPS) is 24.6. The van der Waals surface area contributed by atoms with Gasteiger partial charge < -0.3 is 30.6 Å². The fourth-order valence-electron chi connectivity index (χ4n) is 5.92. The Labute approximate surface area is 231 Å². The van der Waals surface area contributed by atoms with Gasteiger partial charge in [-0.05, 0) is 38.1 Å². The first-order valence-electron chi connectivity index (χ1n) is 13.2. The molecule has 3 aromatic rings. The van der Waals surface area contributed by atoms with Crippen molar-refractivity contribution in [1.82, 2.24) is 9.97 Å². The Bertz CT molecular complexity index is 1440. The lowest BCUT2D eigenvalue weighted by molar-refractivity contribution is -0.675. The van der Waals surface area contributed by atoms with Crippen LogP contribution < -0.4 is 30.6 Å². The first kappa shape index (κ1) is 26.0. The lowest BCUT2D eigenvalue weighted by Gasteiger charge is -2.33. The Balaban J connectivity index is 1.41. The number of fused-ring (bicyclic) bond motifs is 4. The molecule has 2 fully saturated rings. The van der Waals surface area contributed by atoms with Crippen LogP contribution in [0.4, 0.5) is 17.3 Å². The van der Waals surface area contributed by atoms with Crippen molar-refractivity contribution in [1.29, 1.82) is 0 Å². The summed E-state index contributed by atoms with van der Waals surface area (Å²) in [6.45, 7) is 5.35. The second-order valence-electron chi connectivity index (χ2n) is 10.7. The molecule has 0 aliphatic carbocycles. The van der Waals surface area contributed by atoms with E-state index >= 15 is 0 Å². The summed E-state index contributed by atoms with van der Waals surface area (Å²) in [5.74, 6) is -0.806. The maximum absolute atomic E-state index is 12.8. The van der Waals surface area contributed by atoms with Gasteiger partial charge in [0.2, 0.25) is 17.6 Å². The van der Waals surface area contributed by atoms with Crippen LogP contribution in [0.15, 0.2) is 61.2 Å². The number of primary amides is 2. The van der Waals surface area contributed by atoms with Crippen molar-refractivity contribution in [3.05, 3.63) is 66.7 Å². The van der Waals surface area contributed by atoms with E-state index in [1.54, 1.807) is 24.7 Å². The Hall–Kier alpha value is -4.29. The number of amides is 2. The molecule has 208 valence electrons. The van der Waals surface area contributed by atoms with E-state index in [0.29, 0.717) is 37.9 Å². The summed E-state index contributed by atoms with van der Waals surface area (Å²) < 4.78 is 19.6. The Morgan fingerprint density at radius 3 is 2.73 bits per heavy atom. The topological polar surface area (TPSA) is 150 Å². The first-order valence-corrected chi connectivity index (χ1v) is 13.2. The number of anilines is 3. The third-order valence-electron chi connectivity index (χ3n) is 7.53. The molecule has 0 aromatic carbocycles. The maximum Gasteiger partial charge on any atom is 0.307 e. The van der Waals surface area contributed by atoms with Gasteiger partial charge in [-0.25, -0.2) is 14.5 Å². The van der Waals surface area contributed by atoms with Crippen LogP contribution in [0.1, 0.15) is 19.4 Å². The van der Waals surface area contributed by atoms with Gasteiger partial charge in [-0.2, -0.15) is 0 Å². The molecule has 3 aromatic heterocycles. The Morgan fingerprint density at radius 1 is 1.18 bits per heavy atom. The smallest absolute Gasteiger partial charge is 0.307 e. The zero-order valence-electron chi connectivity index (χ0n) is 22.3. The fourth-order valence-corrected chi connectivity index (χ4v) is 5.92. The number of nitrogens with two attached hydrogens (primary N) is 2. The molecule has 2 bridgehead atoms. The summed E-state index contributed by atoms with van der Waals surface area (Å²) in [7, 11) is 0. The molecule has 6 heterocycles. The lowest BCUT2D eigenvalue weighted by atomic mass is 9.94. The molecule has 12 nitrogen and oxygen atoms in total. The minimum Gasteiger partial charge on any atom is -0.491 e. The van der Waals surface area contributed by atoms with E-state index in [1.807, 2.05) is 64.7 Å². The number of hydrogen-bond donors (Lipinski definition) is 2. The zero-order chi connectivity index (χ0) is 28.0. The molecular weight excluding hydrogens is 514 g/mol. The van der Waals surface area contributed by atoms with Crippen LogP contribution in [0.25, 0.3) is 0 Å². The molecule has 40 heavy (non-hydrogen) atoms. The van der Waals surface area contributed by atoms with Gasteiger partial charge in [0, 0.05) is 30.2 Å². The fraction of sp³-hybridized carbons (Fsp3) is 0.393. The number of carbonyl (C=O) groups excluding carboxylic acids is 2. The number of rotatable bonds is 8. The van der Waals surface area contributed by atoms with Gasteiger partial charge in [-0.3, -0.25) is 14.6 Å². The summed E-state index contributed by atoms with van der Waals surface area (Å²) in [5.41, 5.74) is 13.5. The van der Waals surface area contributed by atoms with Crippen molar-refractivity contribution >= 4 is 29.1 Å². The third-order valence-corrected chi connectivity index (χ3v) is 7.53. The highest BCUT2D eigenvalue weighted by Crippen LogP contribution is 2.46. The highest BCUT2D eigenvalue weighted by molar-refractivity contribution is 5.96. The van der Waals surface area contributed by atoms with Crippen LogP contribution in [-0.2, 0) is 25.6 Å². The van der Waals surface area contributed by atoms with Crippen LogP contribution in [0.5, 0.6) is 5.75 Å². The molecule has 12 heteroatoms. The monoisotopic (exact) mass is 546 g/mol. The van der Waals surface area contributed by atoms with Crippen LogP contribution in [-0.4, -0.2) is 65.5 Å². The van der Waals surface area contributed by atoms with Crippen molar-refractivity contribution in [3.8, 4) is 5.75 Å². The molecule has 2 amide bonds. The number of ether oxygens (including phenoxy) is 3. The minimum absolute atomic E-state index is 0.206. The molecule has 2 unspecified atom stereocenters. The van der Waals surface area contributed by atoms with Crippen molar-refractivity contribution < 1.29 is 28.4 Å². The van der Waals surface area contributed by atoms with Crippen LogP contribution in [0.3, 0.4) is 0 Å². The molecule has 3 aliphatic heterocycles. The predicted octanol–water partition coefficient (Wildman–Crippen LogP) is 0.638. The summed E-state index contributed by atoms with van der Waals surface area (Å²) in [6.07, 6.45) is 6.92. The molecule has 0 spiro atoms. The summed E-state index contributed by atoms with van der Waals surface area (Å²) in [4.78, 5) is 38.3. The van der Waals surface area contributed by atoms with E-state index in [1.165, 1.54) is 0 Å². The van der Waals surface area contributed by atoms with Gasteiger partial charge in [-0.15, -0.1) is 0 Å². The SMILES string of the molecule is CC1(C)OC[C@H](COc2ccnc(N3c4c(ccc[n+]4Cc4cccnc4)N4C[C@@H]3C(C(N)=O)C4C(N)=O)c2)O1. The summed E-state index contributed by atoms with van der Waals surface area (Å²) in [6, 6.07) is 9.90. The van der Waals surface area contributed by atoms with E-state index < -0.39 is 35.6 Å². The van der Waals surface area contributed by atoms with Gasteiger partial charge in [0.1, 0.15) is 48.7 Å². The number of aromatic nitrogens is 3. The Kier molecular flexibility index (Phi) is 6.51. The standard InChI is InChI=1S/C28H31N7O5/c1-28(2)39-16-19(40-28)15-38-18-7-9-32-22(11-18)35-21-14-34(24(26(30)37)23(21)25(29)36)20-6-4-10-33(27(20)35)13-17-5-3-8-31-12-17/h3-12,19,21,23-24H,13-16H2,1-2H3,(H3-,29,30,36,37)/p+1/t19-,21+,23?,24?/m0/s1. The van der Waals surface area contributed by atoms with Gasteiger partial charge >= 0.3 is 5.82 Å². The van der Waals surface area contributed by atoms with Crippen molar-refractivity contribution in [2.24, 2.45) is 17.4 Å². The molecule has 2 saturated heterocycles. The van der Waals surface area contributed by atoms with Crippen LogP contribution in [0, 0.1) is 5.92 Å². The average molecular weight is 547 g/mol. The minimum atomic E-state index is -0.886. The van der Waals surface area contributed by atoms with Gasteiger partial charge in [-0.1, -0.05) is 6.07 Å². The molecule has 6 rings (SSSR count). The molecule has 0 saturated carbocycles. The second-order valence-corrected chi connectivity index (χ2v) is 10.7.